The molecule has 0 aliphatic heterocycles. The predicted molar refractivity (Wildman–Crippen MR) is 58.2 cm³/mol. The highest BCUT2D eigenvalue weighted by atomic mass is 32.1. The minimum Gasteiger partial charge on any atom is -0.468 e. The minimum atomic E-state index is -0.594. The second-order valence-electron chi connectivity index (χ2n) is 4.08. The van der Waals surface area contributed by atoms with E-state index in [-0.39, 0.29) is 11.3 Å². The van der Waals surface area contributed by atoms with E-state index in [4.69, 9.17) is 21.7 Å². The number of thiocarbonyl (C=S) groups is 1. The lowest BCUT2D eigenvalue weighted by molar-refractivity contribution is 0.0547. The van der Waals surface area contributed by atoms with Crippen LogP contribution in [0, 0.1) is 0 Å². The van der Waals surface area contributed by atoms with E-state index in [1.807, 2.05) is 13.8 Å². The number of nitrogens with one attached hydrogen (secondary N) is 1. The van der Waals surface area contributed by atoms with Gasteiger partial charge < -0.3 is 9.47 Å². The van der Waals surface area contributed by atoms with E-state index < -0.39 is 11.7 Å². The summed E-state index contributed by atoms with van der Waals surface area (Å²) in [4.78, 5) is 11.1. The van der Waals surface area contributed by atoms with Crippen molar-refractivity contribution >= 4 is 23.5 Å². The van der Waals surface area contributed by atoms with Gasteiger partial charge in [0.1, 0.15) is 5.60 Å². The van der Waals surface area contributed by atoms with E-state index in [0.29, 0.717) is 0 Å². The van der Waals surface area contributed by atoms with Crippen molar-refractivity contribution < 1.29 is 14.3 Å². The van der Waals surface area contributed by atoms with Crippen molar-refractivity contribution in [1.29, 1.82) is 0 Å². The first-order chi connectivity index (χ1) is 6.20. The van der Waals surface area contributed by atoms with Gasteiger partial charge in [0, 0.05) is 0 Å². The Kier molecular flexibility index (Phi) is 4.83. The van der Waals surface area contributed by atoms with Gasteiger partial charge in [0.25, 0.3) is 5.17 Å². The number of rotatable bonds is 1. The van der Waals surface area contributed by atoms with Gasteiger partial charge in [-0.2, -0.15) is 0 Å². The molecule has 14 heavy (non-hydrogen) atoms. The van der Waals surface area contributed by atoms with Crippen LogP contribution >= 0.6 is 12.2 Å². The summed E-state index contributed by atoms with van der Waals surface area (Å²) in [7, 11) is 0. The molecule has 0 aromatic heterocycles. The number of carbonyl (C=O) groups excluding carboxylic acids is 1. The standard InChI is InChI=1S/C9H17NO3S/c1-6(2)12-8(14)10-7(11)13-9(3,4)5/h6H,1-5H3,(H,10,11,14). The molecule has 0 rings (SSSR count). The second-order valence-corrected chi connectivity index (χ2v) is 4.45. The molecule has 0 fully saturated rings. The molecule has 1 amide bonds. The molecule has 82 valence electrons. The van der Waals surface area contributed by atoms with Crippen LogP contribution in [-0.2, 0) is 9.47 Å². The lowest BCUT2D eigenvalue weighted by atomic mass is 10.2. The molecular weight excluding hydrogens is 202 g/mol. The summed E-state index contributed by atoms with van der Waals surface area (Å²) < 4.78 is 10.0. The number of alkyl carbamates (subject to hydrolysis) is 1. The van der Waals surface area contributed by atoms with Gasteiger partial charge in [0.05, 0.1) is 6.10 Å². The van der Waals surface area contributed by atoms with E-state index in [1.54, 1.807) is 20.8 Å². The summed E-state index contributed by atoms with van der Waals surface area (Å²) in [6.45, 7) is 8.98. The van der Waals surface area contributed by atoms with Crippen molar-refractivity contribution in [1.82, 2.24) is 5.32 Å². The summed E-state index contributed by atoms with van der Waals surface area (Å²) in [5.74, 6) is 0. The number of hydrogen-bond acceptors (Lipinski definition) is 4. The Balaban J connectivity index is 3.90. The molecule has 0 aromatic rings. The fourth-order valence-corrected chi connectivity index (χ4v) is 0.906. The maximum absolute atomic E-state index is 11.1. The van der Waals surface area contributed by atoms with Crippen molar-refractivity contribution in [2.24, 2.45) is 0 Å². The molecule has 0 bridgehead atoms. The van der Waals surface area contributed by atoms with Crippen molar-refractivity contribution in [2.45, 2.75) is 46.3 Å². The Bertz CT molecular complexity index is 221. The van der Waals surface area contributed by atoms with Crippen LogP contribution in [0.4, 0.5) is 4.79 Å². The van der Waals surface area contributed by atoms with Crippen LogP contribution in [0.3, 0.4) is 0 Å². The zero-order valence-electron chi connectivity index (χ0n) is 9.21. The van der Waals surface area contributed by atoms with Crippen molar-refractivity contribution in [3.05, 3.63) is 0 Å². The first-order valence-corrected chi connectivity index (χ1v) is 4.82. The maximum Gasteiger partial charge on any atom is 0.415 e. The van der Waals surface area contributed by atoms with E-state index in [0.717, 1.165) is 0 Å². The molecule has 0 radical (unpaired) electrons. The van der Waals surface area contributed by atoms with Gasteiger partial charge >= 0.3 is 6.09 Å². The molecule has 0 saturated heterocycles. The summed E-state index contributed by atoms with van der Waals surface area (Å²) in [6.07, 6.45) is -0.652. The number of hydrogen-bond donors (Lipinski definition) is 1. The molecule has 1 N–H and O–H groups in total. The predicted octanol–water partition coefficient (Wildman–Crippen LogP) is 2.22. The summed E-state index contributed by atoms with van der Waals surface area (Å²) in [5, 5.41) is 2.35. The average Bonchev–Trinajstić information content (AvgIpc) is 1.77. The Morgan fingerprint density at radius 3 is 2.21 bits per heavy atom. The third-order valence-electron chi connectivity index (χ3n) is 0.946. The van der Waals surface area contributed by atoms with Crippen molar-refractivity contribution in [3.63, 3.8) is 0 Å². The summed E-state index contributed by atoms with van der Waals surface area (Å²) in [5.41, 5.74) is -0.530. The van der Waals surface area contributed by atoms with Gasteiger partial charge in [-0.1, -0.05) is 0 Å². The fraction of sp³-hybridized carbons (Fsp3) is 0.778. The zero-order chi connectivity index (χ0) is 11.4. The van der Waals surface area contributed by atoms with Crippen LogP contribution in [-0.4, -0.2) is 23.0 Å². The first-order valence-electron chi connectivity index (χ1n) is 4.41. The lowest BCUT2D eigenvalue weighted by Gasteiger charge is -2.20. The normalized spacial score (nSPS) is 11.0. The topological polar surface area (TPSA) is 47.6 Å². The van der Waals surface area contributed by atoms with Crippen LogP contribution in [0.25, 0.3) is 0 Å². The highest BCUT2D eigenvalue weighted by molar-refractivity contribution is 7.80. The Morgan fingerprint density at radius 2 is 1.86 bits per heavy atom. The highest BCUT2D eigenvalue weighted by Gasteiger charge is 2.17. The van der Waals surface area contributed by atoms with Gasteiger partial charge in [-0.15, -0.1) is 0 Å². The Labute approximate surface area is 90.0 Å². The minimum absolute atomic E-state index is 0.0363. The largest absolute Gasteiger partial charge is 0.468 e. The van der Waals surface area contributed by atoms with Gasteiger partial charge in [-0.25, -0.2) is 4.79 Å². The maximum atomic E-state index is 11.1. The fourth-order valence-electron chi connectivity index (χ4n) is 0.630. The molecule has 0 atom stereocenters. The number of carbonyl (C=O) groups is 1. The number of ether oxygens (including phenoxy) is 2. The molecule has 4 nitrogen and oxygen atoms in total. The first kappa shape index (κ1) is 13.2. The van der Waals surface area contributed by atoms with E-state index in [1.165, 1.54) is 0 Å². The Hall–Kier alpha value is -0.840. The number of amides is 1. The highest BCUT2D eigenvalue weighted by Crippen LogP contribution is 2.06. The lowest BCUT2D eigenvalue weighted by Crippen LogP contribution is -2.37. The quantitative estimate of drug-likeness (QED) is 0.687. The van der Waals surface area contributed by atoms with Crippen molar-refractivity contribution in [2.75, 3.05) is 0 Å². The van der Waals surface area contributed by atoms with E-state index >= 15 is 0 Å². The van der Waals surface area contributed by atoms with Gasteiger partial charge in [0.2, 0.25) is 0 Å². The smallest absolute Gasteiger partial charge is 0.415 e. The monoisotopic (exact) mass is 219 g/mol. The van der Waals surface area contributed by atoms with E-state index in [2.05, 4.69) is 5.32 Å². The van der Waals surface area contributed by atoms with Crippen molar-refractivity contribution in [3.8, 4) is 0 Å². The van der Waals surface area contributed by atoms with Crippen LogP contribution < -0.4 is 5.32 Å². The van der Waals surface area contributed by atoms with Gasteiger partial charge in [-0.05, 0) is 46.8 Å². The van der Waals surface area contributed by atoms with Gasteiger partial charge in [0.15, 0.2) is 0 Å². The van der Waals surface area contributed by atoms with E-state index in [9.17, 15) is 4.79 Å². The molecule has 0 unspecified atom stereocenters. The molecule has 0 aromatic carbocycles. The van der Waals surface area contributed by atoms with Crippen LogP contribution in [0.5, 0.6) is 0 Å². The molecule has 0 aliphatic carbocycles. The molecule has 5 heteroatoms. The molecular formula is C9H17NO3S. The van der Waals surface area contributed by atoms with Crippen LogP contribution in [0.15, 0.2) is 0 Å². The third-order valence-corrected chi connectivity index (χ3v) is 1.14. The average molecular weight is 219 g/mol. The molecule has 0 aliphatic rings. The summed E-state index contributed by atoms with van der Waals surface area (Å²) in [6, 6.07) is 0. The second kappa shape index (κ2) is 5.14. The van der Waals surface area contributed by atoms with Crippen LogP contribution in [0.2, 0.25) is 0 Å². The van der Waals surface area contributed by atoms with Crippen LogP contribution in [0.1, 0.15) is 34.6 Å². The molecule has 0 heterocycles. The Morgan fingerprint density at radius 1 is 1.36 bits per heavy atom. The SMILES string of the molecule is CC(C)OC(=S)NC(=O)OC(C)(C)C. The van der Waals surface area contributed by atoms with Gasteiger partial charge in [-0.3, -0.25) is 5.32 Å². The summed E-state index contributed by atoms with van der Waals surface area (Å²) >= 11 is 4.76. The molecule has 0 spiro atoms. The zero-order valence-corrected chi connectivity index (χ0v) is 10.0. The molecule has 0 saturated carbocycles. The third kappa shape index (κ3) is 7.79.